The van der Waals surface area contributed by atoms with Crippen LogP contribution in [-0.4, -0.2) is 37.6 Å². The third-order valence-corrected chi connectivity index (χ3v) is 7.29. The number of ether oxygens (including phenoxy) is 2. The van der Waals surface area contributed by atoms with E-state index in [1.54, 1.807) is 7.11 Å². The number of benzene rings is 3. The minimum Gasteiger partial charge on any atom is -0.497 e. The highest BCUT2D eigenvalue weighted by Gasteiger charge is 2.24. The van der Waals surface area contributed by atoms with Crippen molar-refractivity contribution in [1.29, 1.82) is 0 Å². The van der Waals surface area contributed by atoms with Crippen molar-refractivity contribution >= 4 is 5.91 Å². The van der Waals surface area contributed by atoms with Gasteiger partial charge >= 0.3 is 0 Å². The second-order valence-corrected chi connectivity index (χ2v) is 10.4. The van der Waals surface area contributed by atoms with Gasteiger partial charge in [0.2, 0.25) is 0 Å². The molecule has 1 aliphatic carbocycles. The van der Waals surface area contributed by atoms with Crippen LogP contribution < -0.4 is 14.8 Å². The van der Waals surface area contributed by atoms with Crippen LogP contribution in [0.25, 0.3) is 0 Å². The third kappa shape index (κ3) is 7.36. The summed E-state index contributed by atoms with van der Waals surface area (Å²) < 4.78 is 11.5. The molecule has 1 heterocycles. The molecule has 5 nitrogen and oxygen atoms in total. The van der Waals surface area contributed by atoms with Crippen molar-refractivity contribution in [2.45, 2.75) is 51.6 Å². The van der Waals surface area contributed by atoms with E-state index < -0.39 is 0 Å². The molecule has 2 bridgehead atoms. The summed E-state index contributed by atoms with van der Waals surface area (Å²) in [4.78, 5) is 15.7. The molecule has 1 fully saturated rings. The summed E-state index contributed by atoms with van der Waals surface area (Å²) in [6, 6.07) is 22.5. The average molecular weight is 499 g/mol. The van der Waals surface area contributed by atoms with Crippen molar-refractivity contribution in [2.24, 2.45) is 5.92 Å². The maximum atomic E-state index is 13.0. The number of nitrogens with zero attached hydrogens (tertiary/aromatic N) is 1. The molecule has 1 aliphatic heterocycles. The van der Waals surface area contributed by atoms with Crippen LogP contribution in [0.2, 0.25) is 0 Å². The molecule has 0 saturated heterocycles. The van der Waals surface area contributed by atoms with Crippen molar-refractivity contribution in [3.63, 3.8) is 0 Å². The van der Waals surface area contributed by atoms with Gasteiger partial charge in [0.05, 0.1) is 13.7 Å². The van der Waals surface area contributed by atoms with E-state index in [-0.39, 0.29) is 5.91 Å². The fourth-order valence-electron chi connectivity index (χ4n) is 5.08. The highest BCUT2D eigenvalue weighted by Crippen LogP contribution is 2.31. The van der Waals surface area contributed by atoms with E-state index in [0.717, 1.165) is 54.5 Å². The Labute approximate surface area is 220 Å². The van der Waals surface area contributed by atoms with Gasteiger partial charge in [-0.2, -0.15) is 0 Å². The van der Waals surface area contributed by atoms with E-state index in [4.69, 9.17) is 9.47 Å². The molecular formula is C32H38N2O3. The zero-order valence-corrected chi connectivity index (χ0v) is 21.9. The first-order chi connectivity index (χ1) is 18.2. The minimum absolute atomic E-state index is 0.0884. The van der Waals surface area contributed by atoms with Gasteiger partial charge in [-0.15, -0.1) is 0 Å². The lowest BCUT2D eigenvalue weighted by Crippen LogP contribution is -2.27. The van der Waals surface area contributed by atoms with Crippen LogP contribution in [-0.2, 0) is 19.5 Å². The Hall–Kier alpha value is -3.31. The number of nitrogens with one attached hydrogen (secondary N) is 1. The number of methoxy groups -OCH3 is 1. The summed E-state index contributed by atoms with van der Waals surface area (Å²) >= 11 is 0. The zero-order chi connectivity index (χ0) is 25.5. The van der Waals surface area contributed by atoms with Gasteiger partial charge < -0.3 is 14.8 Å². The predicted molar refractivity (Wildman–Crippen MR) is 147 cm³/mol. The summed E-state index contributed by atoms with van der Waals surface area (Å²) in [5.41, 5.74) is 5.32. The summed E-state index contributed by atoms with van der Waals surface area (Å²) in [6.45, 7) is 4.55. The molecular weight excluding hydrogens is 460 g/mol. The van der Waals surface area contributed by atoms with Crippen LogP contribution in [0.5, 0.6) is 11.5 Å². The fraction of sp³-hybridized carbons (Fsp3) is 0.406. The van der Waals surface area contributed by atoms with Gasteiger partial charge in [-0.25, -0.2) is 0 Å². The number of fused-ring (bicyclic) bond motifs is 3. The van der Waals surface area contributed by atoms with Crippen LogP contribution in [0, 0.1) is 5.92 Å². The topological polar surface area (TPSA) is 50.8 Å². The minimum atomic E-state index is -0.0884. The Bertz CT molecular complexity index is 1200. The van der Waals surface area contributed by atoms with Crippen molar-refractivity contribution in [3.8, 4) is 11.5 Å². The van der Waals surface area contributed by atoms with E-state index in [1.807, 2.05) is 42.5 Å². The van der Waals surface area contributed by atoms with Crippen LogP contribution in [0.15, 0.2) is 66.7 Å². The smallest absolute Gasteiger partial charge is 0.251 e. The molecule has 1 saturated carbocycles. The lowest BCUT2D eigenvalue weighted by atomic mass is 9.99. The molecule has 0 radical (unpaired) electrons. The van der Waals surface area contributed by atoms with E-state index >= 15 is 0 Å². The van der Waals surface area contributed by atoms with Gasteiger partial charge in [-0.05, 0) is 97.2 Å². The first-order valence-electron chi connectivity index (χ1n) is 13.6. The monoisotopic (exact) mass is 498 g/mol. The van der Waals surface area contributed by atoms with E-state index in [9.17, 15) is 4.79 Å². The lowest BCUT2D eigenvalue weighted by molar-refractivity contribution is 0.0950. The normalized spacial score (nSPS) is 16.7. The molecule has 5 heteroatoms. The van der Waals surface area contributed by atoms with Gasteiger partial charge in [0.15, 0.2) is 0 Å². The lowest BCUT2D eigenvalue weighted by Gasteiger charge is -2.23. The molecule has 0 spiro atoms. The molecule has 1 amide bonds. The number of carbonyl (C=O) groups is 1. The van der Waals surface area contributed by atoms with Gasteiger partial charge in [0, 0.05) is 31.6 Å². The van der Waals surface area contributed by atoms with E-state index in [0.29, 0.717) is 18.7 Å². The first kappa shape index (κ1) is 25.3. The molecule has 0 unspecified atom stereocenters. The van der Waals surface area contributed by atoms with Gasteiger partial charge in [-0.1, -0.05) is 36.4 Å². The highest BCUT2D eigenvalue weighted by atomic mass is 16.5. The van der Waals surface area contributed by atoms with Crippen LogP contribution in [0.3, 0.4) is 0 Å². The summed E-state index contributed by atoms with van der Waals surface area (Å²) in [5.74, 6) is 2.47. The standard InChI is InChI=1S/C32H38N2O3/c1-36-30-10-6-8-26(19-30)21-33-32(35)28-13-14-31-29(20-28)18-25-7-5-9-27(17-25)23-34(22-24-11-12-24)15-3-2-4-16-37-31/h5-10,13-14,17,19-20,24H,2-4,11-12,15-16,18,21-23H2,1H3,(H,33,35). The zero-order valence-electron chi connectivity index (χ0n) is 21.9. The molecule has 3 aromatic rings. The molecule has 5 rings (SSSR count). The molecule has 0 atom stereocenters. The Morgan fingerprint density at radius 1 is 1.00 bits per heavy atom. The van der Waals surface area contributed by atoms with Gasteiger partial charge in [0.25, 0.3) is 5.91 Å². The Kier molecular flexibility index (Phi) is 8.42. The second kappa shape index (κ2) is 12.3. The van der Waals surface area contributed by atoms with Crippen LogP contribution in [0.1, 0.15) is 64.7 Å². The molecule has 1 N–H and O–H groups in total. The Morgan fingerprint density at radius 3 is 2.73 bits per heavy atom. The number of hydrogen-bond acceptors (Lipinski definition) is 4. The van der Waals surface area contributed by atoms with Gasteiger partial charge in [0.1, 0.15) is 11.5 Å². The number of carbonyl (C=O) groups excluding carboxylic acids is 1. The quantitative estimate of drug-likeness (QED) is 0.454. The number of hydrogen-bond donors (Lipinski definition) is 1. The van der Waals surface area contributed by atoms with Crippen molar-refractivity contribution in [3.05, 3.63) is 94.5 Å². The molecule has 3 aromatic carbocycles. The molecule has 2 aliphatic rings. The van der Waals surface area contributed by atoms with Crippen molar-refractivity contribution in [1.82, 2.24) is 10.2 Å². The SMILES string of the molecule is COc1cccc(CNC(=O)c2ccc3c(c2)Cc2cccc(c2)CN(CC2CC2)CCCCCO3)c1. The first-order valence-corrected chi connectivity index (χ1v) is 13.6. The van der Waals surface area contributed by atoms with Crippen LogP contribution >= 0.6 is 0 Å². The second-order valence-electron chi connectivity index (χ2n) is 10.4. The molecule has 37 heavy (non-hydrogen) atoms. The van der Waals surface area contributed by atoms with Gasteiger partial charge in [-0.3, -0.25) is 9.69 Å². The summed E-state index contributed by atoms with van der Waals surface area (Å²) in [6.07, 6.45) is 6.93. The van der Waals surface area contributed by atoms with Crippen molar-refractivity contribution in [2.75, 3.05) is 26.8 Å². The third-order valence-electron chi connectivity index (χ3n) is 7.29. The average Bonchev–Trinajstić information content (AvgIpc) is 3.73. The van der Waals surface area contributed by atoms with Crippen molar-refractivity contribution < 1.29 is 14.3 Å². The highest BCUT2D eigenvalue weighted by molar-refractivity contribution is 5.94. The maximum Gasteiger partial charge on any atom is 0.251 e. The largest absolute Gasteiger partial charge is 0.497 e. The molecule has 0 aromatic heterocycles. The maximum absolute atomic E-state index is 13.0. The van der Waals surface area contributed by atoms with E-state index in [1.165, 1.54) is 43.4 Å². The Morgan fingerprint density at radius 2 is 1.86 bits per heavy atom. The summed E-state index contributed by atoms with van der Waals surface area (Å²) in [7, 11) is 1.65. The van der Waals surface area contributed by atoms with E-state index in [2.05, 4.69) is 34.5 Å². The molecule has 194 valence electrons. The number of amides is 1. The fourth-order valence-corrected chi connectivity index (χ4v) is 5.08. The number of rotatable bonds is 6. The summed E-state index contributed by atoms with van der Waals surface area (Å²) in [5, 5.41) is 3.05. The predicted octanol–water partition coefficient (Wildman–Crippen LogP) is 5.99. The Balaban J connectivity index is 1.33. The van der Waals surface area contributed by atoms with Crippen LogP contribution in [0.4, 0.5) is 0 Å².